The minimum atomic E-state index is -4.45. The molecule has 8 nitrogen and oxygen atoms in total. The molecule has 0 aliphatic heterocycles. The molecule has 5 N–H and O–H groups in total. The number of nitrogens with one attached hydrogen (secondary N) is 2. The molecule has 2 aliphatic carbocycles. The van der Waals surface area contributed by atoms with Crippen molar-refractivity contribution in [1.82, 2.24) is 15.1 Å². The number of amides is 1. The summed E-state index contributed by atoms with van der Waals surface area (Å²) >= 11 is 0. The summed E-state index contributed by atoms with van der Waals surface area (Å²) < 4.78 is 39.9. The highest BCUT2D eigenvalue weighted by atomic mass is 19.4. The summed E-state index contributed by atoms with van der Waals surface area (Å²) in [4.78, 5) is 12.0. The number of aromatic nitrogens is 2. The van der Waals surface area contributed by atoms with Gasteiger partial charge in [0.1, 0.15) is 5.56 Å². The predicted octanol–water partition coefficient (Wildman–Crippen LogP) is 3.09. The first-order chi connectivity index (χ1) is 15.6. The summed E-state index contributed by atoms with van der Waals surface area (Å²) in [6.07, 6.45) is 0.578. The smallest absolute Gasteiger partial charge is 0.389 e. The van der Waals surface area contributed by atoms with Crippen LogP contribution in [0.25, 0.3) is 0 Å². The third-order valence-electron chi connectivity index (χ3n) is 6.34. The van der Waals surface area contributed by atoms with Gasteiger partial charge in [-0.15, -0.1) is 0 Å². The van der Waals surface area contributed by atoms with Gasteiger partial charge >= 0.3 is 6.18 Å². The van der Waals surface area contributed by atoms with Gasteiger partial charge in [0.05, 0.1) is 29.2 Å². The number of primary amides is 1. The fourth-order valence-electron chi connectivity index (χ4n) is 4.16. The topological polar surface area (TPSA) is 129 Å². The van der Waals surface area contributed by atoms with Crippen molar-refractivity contribution in [3.05, 3.63) is 41.6 Å². The van der Waals surface area contributed by atoms with E-state index >= 15 is 0 Å². The first kappa shape index (κ1) is 23.1. The van der Waals surface area contributed by atoms with E-state index in [-0.39, 0.29) is 29.4 Å². The molecule has 1 aromatic heterocycles. The Morgan fingerprint density at radius 2 is 2.00 bits per heavy atom. The molecular formula is C22H25F3N6O2. The van der Waals surface area contributed by atoms with E-state index in [0.717, 1.165) is 31.4 Å². The molecule has 2 aromatic rings. The highest BCUT2D eigenvalue weighted by Crippen LogP contribution is 2.37. The number of nitrogens with two attached hydrogens (primary N) is 1. The number of alkyl halides is 3. The molecule has 0 unspecified atom stereocenters. The maximum Gasteiger partial charge on any atom is 0.416 e. The van der Waals surface area contributed by atoms with E-state index < -0.39 is 23.2 Å². The number of anilines is 2. The molecule has 0 radical (unpaired) electrons. The Hall–Kier alpha value is -3.10. The van der Waals surface area contributed by atoms with Crippen molar-refractivity contribution in [2.75, 3.05) is 11.9 Å². The van der Waals surface area contributed by atoms with E-state index in [2.05, 4.69) is 21.8 Å². The van der Waals surface area contributed by atoms with Crippen LogP contribution in [0.5, 0.6) is 0 Å². The Kier molecular flexibility index (Phi) is 6.07. The monoisotopic (exact) mass is 462 g/mol. The van der Waals surface area contributed by atoms with Gasteiger partial charge in [0, 0.05) is 24.5 Å². The lowest BCUT2D eigenvalue weighted by Gasteiger charge is -2.33. The van der Waals surface area contributed by atoms with Crippen molar-refractivity contribution in [2.45, 2.75) is 56.0 Å². The molecule has 2 fully saturated rings. The number of carbonyl (C=O) groups excluding carboxylic acids is 1. The standard InChI is InChI=1S/C22H25F3N6O2/c23-22(24,25)14-1-3-15(4-2-14)29-20-17(19(27)32)11-31(30-20)18-6-5-16(9-13(18)10-26)28-12-21(33)7-8-21/h1-4,11,13,16,18,28,33H,5-9,12H2,(H2,27,32)(H,29,30)/t13-,16-,18+/m1/s1. The second kappa shape index (κ2) is 8.68. The van der Waals surface area contributed by atoms with E-state index in [1.165, 1.54) is 18.3 Å². The Morgan fingerprint density at radius 3 is 2.58 bits per heavy atom. The number of hydrogen-bond donors (Lipinski definition) is 4. The van der Waals surface area contributed by atoms with Gasteiger partial charge in [-0.1, -0.05) is 0 Å². The minimum absolute atomic E-state index is 0.0859. The van der Waals surface area contributed by atoms with Crippen LogP contribution in [-0.2, 0) is 6.18 Å². The molecular weight excluding hydrogens is 437 g/mol. The number of nitrogens with zero attached hydrogens (tertiary/aromatic N) is 3. The largest absolute Gasteiger partial charge is 0.416 e. The number of halogens is 3. The van der Waals surface area contributed by atoms with Crippen LogP contribution in [-0.4, -0.2) is 39.0 Å². The molecule has 33 heavy (non-hydrogen) atoms. The fourth-order valence-corrected chi connectivity index (χ4v) is 4.16. The van der Waals surface area contributed by atoms with E-state index in [1.807, 2.05) is 0 Å². The molecule has 1 heterocycles. The van der Waals surface area contributed by atoms with Crippen molar-refractivity contribution in [2.24, 2.45) is 11.7 Å². The molecule has 0 bridgehead atoms. The Bertz CT molecular complexity index is 1060. The van der Waals surface area contributed by atoms with Gasteiger partial charge in [0.25, 0.3) is 5.91 Å². The number of hydrogen-bond acceptors (Lipinski definition) is 6. The van der Waals surface area contributed by atoms with Gasteiger partial charge in [-0.05, 0) is 56.4 Å². The van der Waals surface area contributed by atoms with E-state index in [0.29, 0.717) is 25.1 Å². The quantitative estimate of drug-likeness (QED) is 0.501. The molecule has 0 saturated heterocycles. The van der Waals surface area contributed by atoms with Crippen LogP contribution in [0.2, 0.25) is 0 Å². The maximum absolute atomic E-state index is 12.8. The minimum Gasteiger partial charge on any atom is -0.389 e. The average Bonchev–Trinajstić information content (AvgIpc) is 3.36. The highest BCUT2D eigenvalue weighted by Gasteiger charge is 2.41. The normalized spacial score (nSPS) is 24.2. The Morgan fingerprint density at radius 1 is 1.30 bits per heavy atom. The van der Waals surface area contributed by atoms with Crippen LogP contribution in [0.1, 0.15) is 54.1 Å². The predicted molar refractivity (Wildman–Crippen MR) is 113 cm³/mol. The molecule has 176 valence electrons. The summed E-state index contributed by atoms with van der Waals surface area (Å²) in [6.45, 7) is 0.509. The molecule has 4 rings (SSSR count). The summed E-state index contributed by atoms with van der Waals surface area (Å²) in [5, 5.41) is 30.4. The molecule has 1 amide bonds. The number of benzene rings is 1. The molecule has 0 spiro atoms. The van der Waals surface area contributed by atoms with Gasteiger partial charge in [-0.2, -0.15) is 23.5 Å². The number of nitriles is 1. The first-order valence-electron chi connectivity index (χ1n) is 10.8. The molecule has 3 atom stereocenters. The van der Waals surface area contributed by atoms with Crippen LogP contribution in [0.15, 0.2) is 30.5 Å². The van der Waals surface area contributed by atoms with Gasteiger partial charge < -0.3 is 21.5 Å². The lowest BCUT2D eigenvalue weighted by molar-refractivity contribution is -0.137. The van der Waals surface area contributed by atoms with Crippen LogP contribution in [0, 0.1) is 17.2 Å². The lowest BCUT2D eigenvalue weighted by atomic mass is 9.82. The van der Waals surface area contributed by atoms with Crippen LogP contribution < -0.4 is 16.4 Å². The van der Waals surface area contributed by atoms with E-state index in [1.54, 1.807) is 4.68 Å². The third-order valence-corrected chi connectivity index (χ3v) is 6.34. The molecule has 1 aromatic carbocycles. The van der Waals surface area contributed by atoms with Crippen molar-refractivity contribution in [3.63, 3.8) is 0 Å². The number of aliphatic hydroxyl groups is 1. The average molecular weight is 462 g/mol. The Labute approximate surface area is 188 Å². The summed E-state index contributed by atoms with van der Waals surface area (Å²) in [5.41, 5.74) is 4.49. The van der Waals surface area contributed by atoms with Crippen LogP contribution in [0.3, 0.4) is 0 Å². The van der Waals surface area contributed by atoms with Gasteiger partial charge in [0.15, 0.2) is 5.82 Å². The maximum atomic E-state index is 12.8. The second-order valence-corrected chi connectivity index (χ2v) is 8.85. The van der Waals surface area contributed by atoms with Crippen LogP contribution >= 0.6 is 0 Å². The summed E-state index contributed by atoms with van der Waals surface area (Å²) in [6, 6.07) is 6.50. The summed E-state index contributed by atoms with van der Waals surface area (Å²) in [5.74, 6) is -0.989. The van der Waals surface area contributed by atoms with Gasteiger partial charge in [0.2, 0.25) is 0 Å². The van der Waals surface area contributed by atoms with Gasteiger partial charge in [-0.3, -0.25) is 9.48 Å². The third kappa shape index (κ3) is 5.29. The highest BCUT2D eigenvalue weighted by molar-refractivity contribution is 5.98. The first-order valence-corrected chi connectivity index (χ1v) is 10.8. The van der Waals surface area contributed by atoms with Crippen molar-refractivity contribution in [1.29, 1.82) is 5.26 Å². The molecule has 11 heteroatoms. The van der Waals surface area contributed by atoms with Crippen molar-refractivity contribution >= 4 is 17.4 Å². The van der Waals surface area contributed by atoms with E-state index in [4.69, 9.17) is 5.73 Å². The zero-order valence-corrected chi connectivity index (χ0v) is 17.8. The second-order valence-electron chi connectivity index (χ2n) is 8.85. The summed E-state index contributed by atoms with van der Waals surface area (Å²) in [7, 11) is 0. The molecule has 2 aliphatic rings. The zero-order chi connectivity index (χ0) is 23.8. The van der Waals surface area contributed by atoms with Gasteiger partial charge in [-0.25, -0.2) is 0 Å². The van der Waals surface area contributed by atoms with Crippen molar-refractivity contribution < 1.29 is 23.1 Å². The zero-order valence-electron chi connectivity index (χ0n) is 17.8. The number of rotatable bonds is 7. The number of carbonyl (C=O) groups is 1. The van der Waals surface area contributed by atoms with Crippen LogP contribution in [0.4, 0.5) is 24.7 Å². The van der Waals surface area contributed by atoms with E-state index in [9.17, 15) is 28.3 Å². The fraction of sp³-hybridized carbons (Fsp3) is 0.500. The SMILES string of the molecule is N#C[C@H]1C[C@H](NCC2(O)CC2)CC[C@@H]1n1cc(C(N)=O)c(Nc2ccc(C(F)(F)F)cc2)n1. The molecule has 2 saturated carbocycles. The Balaban J connectivity index is 1.49. The lowest BCUT2D eigenvalue weighted by Crippen LogP contribution is -2.42. The van der Waals surface area contributed by atoms with Crippen molar-refractivity contribution in [3.8, 4) is 6.07 Å².